The van der Waals surface area contributed by atoms with Crippen LogP contribution in [0.3, 0.4) is 0 Å². The summed E-state index contributed by atoms with van der Waals surface area (Å²) in [5.74, 6) is -0.343. The van der Waals surface area contributed by atoms with Crippen LogP contribution in [-0.2, 0) is 23.0 Å². The van der Waals surface area contributed by atoms with E-state index in [4.69, 9.17) is 5.26 Å². The van der Waals surface area contributed by atoms with Crippen LogP contribution in [0.25, 0.3) is 11.1 Å². The molecule has 0 saturated heterocycles. The third-order valence-corrected chi connectivity index (χ3v) is 6.52. The fourth-order valence-electron chi connectivity index (χ4n) is 3.69. The Balaban J connectivity index is 1.64. The van der Waals surface area contributed by atoms with Gasteiger partial charge in [0.2, 0.25) is 10.0 Å². The second-order valence-electron chi connectivity index (χ2n) is 7.30. The summed E-state index contributed by atoms with van der Waals surface area (Å²) in [4.78, 5) is 0. The number of benzene rings is 3. The number of anilines is 2. The van der Waals surface area contributed by atoms with Crippen molar-refractivity contribution in [2.24, 2.45) is 0 Å². The smallest absolute Gasteiger partial charge is 0.211 e. The molecule has 30 heavy (non-hydrogen) atoms. The van der Waals surface area contributed by atoms with Gasteiger partial charge < -0.3 is 5.32 Å². The molecule has 1 N–H and O–H groups in total. The second kappa shape index (κ2) is 7.90. The van der Waals surface area contributed by atoms with Crippen LogP contribution in [0.15, 0.2) is 60.7 Å². The van der Waals surface area contributed by atoms with E-state index in [1.54, 1.807) is 36.4 Å². The lowest BCUT2D eigenvalue weighted by Gasteiger charge is -2.28. The van der Waals surface area contributed by atoms with Gasteiger partial charge in [0.05, 0.1) is 17.9 Å². The molecule has 7 heteroatoms. The number of nitrogens with zero attached hydrogens (tertiary/aromatic N) is 2. The lowest BCUT2D eigenvalue weighted by molar-refractivity contribution is 0.395. The van der Waals surface area contributed by atoms with Crippen LogP contribution in [0.5, 0.6) is 0 Å². The van der Waals surface area contributed by atoms with Crippen molar-refractivity contribution in [2.45, 2.75) is 13.0 Å². The van der Waals surface area contributed by atoms with Crippen LogP contribution in [-0.4, -0.2) is 25.5 Å². The van der Waals surface area contributed by atoms with Crippen molar-refractivity contribution in [3.8, 4) is 17.2 Å². The summed E-state index contributed by atoms with van der Waals surface area (Å²) in [5, 5.41) is 12.3. The first-order valence-corrected chi connectivity index (χ1v) is 11.3. The minimum absolute atomic E-state index is 0.343. The third kappa shape index (κ3) is 4.06. The molecule has 0 atom stereocenters. The predicted molar refractivity (Wildman–Crippen MR) is 115 cm³/mol. The Hall–Kier alpha value is -3.21. The lowest BCUT2D eigenvalue weighted by atomic mass is 9.98. The standard InChI is InChI=1S/C23H20FN3O2S/c1-30(28,29)27-12-11-20-18(15-27)3-2-4-23(20)26-19-9-10-22(24)21(13-19)17-7-5-16(14-25)6-8-17/h2-10,13,26H,11-12,15H2,1H3. The van der Waals surface area contributed by atoms with E-state index in [2.05, 4.69) is 11.4 Å². The van der Waals surface area contributed by atoms with Crippen molar-refractivity contribution >= 4 is 21.4 Å². The minimum atomic E-state index is -3.24. The van der Waals surface area contributed by atoms with Gasteiger partial charge in [0.1, 0.15) is 5.82 Å². The molecule has 0 radical (unpaired) electrons. The first kappa shape index (κ1) is 20.1. The largest absolute Gasteiger partial charge is 0.355 e. The number of nitriles is 1. The molecule has 5 nitrogen and oxygen atoms in total. The molecule has 0 saturated carbocycles. The summed E-state index contributed by atoms with van der Waals surface area (Å²) in [7, 11) is -3.24. The summed E-state index contributed by atoms with van der Waals surface area (Å²) in [6, 6.07) is 19.4. The van der Waals surface area contributed by atoms with E-state index in [1.807, 2.05) is 18.2 Å². The molecule has 0 spiro atoms. The van der Waals surface area contributed by atoms with E-state index in [1.165, 1.54) is 16.6 Å². The second-order valence-corrected chi connectivity index (χ2v) is 9.28. The highest BCUT2D eigenvalue weighted by Gasteiger charge is 2.24. The van der Waals surface area contributed by atoms with E-state index in [9.17, 15) is 12.8 Å². The lowest BCUT2D eigenvalue weighted by Crippen LogP contribution is -2.35. The molecule has 4 rings (SSSR count). The van der Waals surface area contributed by atoms with Gasteiger partial charge in [0.25, 0.3) is 0 Å². The van der Waals surface area contributed by atoms with Crippen LogP contribution in [0.1, 0.15) is 16.7 Å². The van der Waals surface area contributed by atoms with Gasteiger partial charge >= 0.3 is 0 Å². The highest BCUT2D eigenvalue weighted by Crippen LogP contribution is 2.32. The zero-order valence-electron chi connectivity index (χ0n) is 16.4. The number of fused-ring (bicyclic) bond motifs is 1. The average Bonchev–Trinajstić information content (AvgIpc) is 2.74. The van der Waals surface area contributed by atoms with Gasteiger partial charge in [-0.1, -0.05) is 24.3 Å². The molecule has 152 valence electrons. The summed E-state index contributed by atoms with van der Waals surface area (Å²) in [6.07, 6.45) is 1.83. The Labute approximate surface area is 175 Å². The van der Waals surface area contributed by atoms with E-state index in [-0.39, 0.29) is 5.82 Å². The van der Waals surface area contributed by atoms with Crippen molar-refractivity contribution < 1.29 is 12.8 Å². The Kier molecular flexibility index (Phi) is 5.29. The number of hydrogen-bond donors (Lipinski definition) is 1. The van der Waals surface area contributed by atoms with Gasteiger partial charge in [-0.25, -0.2) is 12.8 Å². The molecule has 0 amide bonds. The van der Waals surface area contributed by atoms with E-state index in [0.29, 0.717) is 36.2 Å². The average molecular weight is 421 g/mol. The van der Waals surface area contributed by atoms with Crippen LogP contribution >= 0.6 is 0 Å². The summed E-state index contributed by atoms with van der Waals surface area (Å²) in [5.41, 5.74) is 5.31. The molecule has 0 unspecified atom stereocenters. The number of rotatable bonds is 4. The van der Waals surface area contributed by atoms with Gasteiger partial charge in [-0.05, 0) is 59.5 Å². The van der Waals surface area contributed by atoms with Crippen LogP contribution < -0.4 is 5.32 Å². The molecule has 1 heterocycles. The van der Waals surface area contributed by atoms with Crippen molar-refractivity contribution in [2.75, 3.05) is 18.1 Å². The molecule has 0 bridgehead atoms. The Bertz CT molecular complexity index is 1250. The summed E-state index contributed by atoms with van der Waals surface area (Å²) in [6.45, 7) is 0.786. The Morgan fingerprint density at radius 1 is 1.10 bits per heavy atom. The molecule has 3 aromatic rings. The molecule has 0 aliphatic carbocycles. The molecular weight excluding hydrogens is 401 g/mol. The van der Waals surface area contributed by atoms with Gasteiger partial charge in [-0.2, -0.15) is 9.57 Å². The molecule has 3 aromatic carbocycles. The maximum Gasteiger partial charge on any atom is 0.211 e. The maximum atomic E-state index is 14.4. The van der Waals surface area contributed by atoms with Crippen molar-refractivity contribution in [1.29, 1.82) is 5.26 Å². The normalized spacial score (nSPS) is 14.0. The zero-order valence-corrected chi connectivity index (χ0v) is 17.2. The first-order chi connectivity index (χ1) is 14.3. The fraction of sp³-hybridized carbons (Fsp3) is 0.174. The number of halogens is 1. The molecule has 0 fully saturated rings. The van der Waals surface area contributed by atoms with E-state index in [0.717, 1.165) is 22.5 Å². The molecular formula is C23H20FN3O2S. The van der Waals surface area contributed by atoms with Crippen LogP contribution in [0.2, 0.25) is 0 Å². The fourth-order valence-corrected chi connectivity index (χ4v) is 4.48. The highest BCUT2D eigenvalue weighted by molar-refractivity contribution is 7.88. The summed E-state index contributed by atoms with van der Waals surface area (Å²) < 4.78 is 39.7. The third-order valence-electron chi connectivity index (χ3n) is 5.27. The highest BCUT2D eigenvalue weighted by atomic mass is 32.2. The summed E-state index contributed by atoms with van der Waals surface area (Å²) >= 11 is 0. The van der Waals surface area contributed by atoms with Gasteiger partial charge in [0.15, 0.2) is 0 Å². The number of hydrogen-bond acceptors (Lipinski definition) is 4. The first-order valence-electron chi connectivity index (χ1n) is 9.48. The Morgan fingerprint density at radius 3 is 2.57 bits per heavy atom. The number of sulfonamides is 1. The van der Waals surface area contributed by atoms with Crippen molar-refractivity contribution in [1.82, 2.24) is 4.31 Å². The van der Waals surface area contributed by atoms with E-state index >= 15 is 0 Å². The number of nitrogens with one attached hydrogen (secondary N) is 1. The quantitative estimate of drug-likeness (QED) is 0.677. The molecule has 0 aromatic heterocycles. The Morgan fingerprint density at radius 2 is 1.87 bits per heavy atom. The topological polar surface area (TPSA) is 73.2 Å². The zero-order chi connectivity index (χ0) is 21.3. The minimum Gasteiger partial charge on any atom is -0.355 e. The molecule has 1 aliphatic heterocycles. The van der Waals surface area contributed by atoms with E-state index < -0.39 is 10.0 Å². The maximum absolute atomic E-state index is 14.4. The molecule has 1 aliphatic rings. The van der Waals surface area contributed by atoms with Crippen LogP contribution in [0, 0.1) is 17.1 Å². The van der Waals surface area contributed by atoms with Gasteiger partial charge in [-0.15, -0.1) is 0 Å². The predicted octanol–water partition coefficient (Wildman–Crippen LogP) is 4.43. The van der Waals surface area contributed by atoms with Gasteiger partial charge in [-0.3, -0.25) is 0 Å². The monoisotopic (exact) mass is 421 g/mol. The van der Waals surface area contributed by atoms with Crippen molar-refractivity contribution in [3.63, 3.8) is 0 Å². The SMILES string of the molecule is CS(=O)(=O)N1CCc2c(cccc2Nc2ccc(F)c(-c3ccc(C#N)cc3)c2)C1. The van der Waals surface area contributed by atoms with Gasteiger partial charge in [0, 0.05) is 30.0 Å². The van der Waals surface area contributed by atoms with Crippen molar-refractivity contribution in [3.05, 3.63) is 83.2 Å². The van der Waals surface area contributed by atoms with Crippen LogP contribution in [0.4, 0.5) is 15.8 Å².